The molecule has 14 heteroatoms. The molecule has 0 aromatic heterocycles. The highest BCUT2D eigenvalue weighted by molar-refractivity contribution is 6.54. The van der Waals surface area contributed by atoms with E-state index in [9.17, 15) is 36.6 Å². The summed E-state index contributed by atoms with van der Waals surface area (Å²) < 4.78 is 70.6. The first-order valence-corrected chi connectivity index (χ1v) is 11.5. The van der Waals surface area contributed by atoms with Crippen LogP contribution in [0.3, 0.4) is 0 Å². The molecule has 3 heterocycles. The van der Waals surface area contributed by atoms with E-state index in [1.807, 2.05) is 0 Å². The zero-order valence-corrected chi connectivity index (χ0v) is 19.1. The van der Waals surface area contributed by atoms with Gasteiger partial charge >= 0.3 is 12.8 Å². The molecule has 0 spiro atoms. The third-order valence-electron chi connectivity index (χ3n) is 7.36. The number of aliphatic hydroxyl groups is 1. The summed E-state index contributed by atoms with van der Waals surface area (Å²) in [4.78, 5) is 26.9. The standard InChI is InChI=1S/C21H22ClF5N4O4/c1-20(22)13-6-10(35-19(23)24)7-14(21(25,26)27)31(13)28-17(20)18(34)29-2-3-30(15(32)8-29)12-5-9-4-11(9)16(12)33/h6-7,9,11-13,16,19,33H,2-5,8H2,1H3/t9-,11-,12-,13?,16?,20?/m0/s1. The molecule has 8 nitrogen and oxygen atoms in total. The van der Waals surface area contributed by atoms with Gasteiger partial charge in [-0.1, -0.05) is 0 Å². The third-order valence-corrected chi connectivity index (χ3v) is 7.76. The van der Waals surface area contributed by atoms with Gasteiger partial charge in [0, 0.05) is 19.2 Å². The molecule has 2 saturated carbocycles. The Hall–Kier alpha value is -2.41. The molecule has 2 amide bonds. The molecule has 2 aliphatic carbocycles. The Kier molecular flexibility index (Phi) is 5.59. The monoisotopic (exact) mass is 524 g/mol. The minimum Gasteiger partial charge on any atom is -0.435 e. The molecule has 35 heavy (non-hydrogen) atoms. The quantitative estimate of drug-likeness (QED) is 0.449. The fourth-order valence-electron chi connectivity index (χ4n) is 5.48. The predicted octanol–water partition coefficient (Wildman–Crippen LogP) is 2.05. The molecule has 3 unspecified atom stereocenters. The van der Waals surface area contributed by atoms with Crippen molar-refractivity contribution in [3.63, 3.8) is 0 Å². The highest BCUT2D eigenvalue weighted by atomic mass is 35.5. The summed E-state index contributed by atoms with van der Waals surface area (Å²) in [7, 11) is 0. The van der Waals surface area contributed by atoms with Crippen LogP contribution < -0.4 is 0 Å². The lowest BCUT2D eigenvalue weighted by atomic mass is 9.93. The zero-order chi connectivity index (χ0) is 25.4. The maximum Gasteiger partial charge on any atom is 0.433 e. The highest BCUT2D eigenvalue weighted by Gasteiger charge is 2.57. The average Bonchev–Trinajstić information content (AvgIpc) is 3.39. The smallest absolute Gasteiger partial charge is 0.433 e. The second-order valence-electron chi connectivity index (χ2n) is 9.56. The molecule has 1 N–H and O–H groups in total. The fourth-order valence-corrected chi connectivity index (χ4v) is 5.75. The Balaban J connectivity index is 1.35. The van der Waals surface area contributed by atoms with Gasteiger partial charge in [-0.05, 0) is 37.7 Å². The number of rotatable bonds is 4. The summed E-state index contributed by atoms with van der Waals surface area (Å²) in [5, 5.41) is 14.7. The summed E-state index contributed by atoms with van der Waals surface area (Å²) >= 11 is 6.52. The zero-order valence-electron chi connectivity index (χ0n) is 18.4. The normalized spacial score (nSPS) is 36.6. The summed E-state index contributed by atoms with van der Waals surface area (Å²) in [5.41, 5.74) is -1.86. The van der Waals surface area contributed by atoms with Crippen molar-refractivity contribution in [3.05, 3.63) is 23.6 Å². The Morgan fingerprint density at radius 1 is 1.31 bits per heavy atom. The molecule has 3 fully saturated rings. The minimum atomic E-state index is -5.00. The topological polar surface area (TPSA) is 85.7 Å². The number of hydrogen-bond donors (Lipinski definition) is 1. The number of aliphatic hydroxyl groups excluding tert-OH is 1. The van der Waals surface area contributed by atoms with Gasteiger partial charge in [0.05, 0.1) is 18.2 Å². The summed E-state index contributed by atoms with van der Waals surface area (Å²) in [5.74, 6) is -1.34. The van der Waals surface area contributed by atoms with Crippen LogP contribution in [0.25, 0.3) is 0 Å². The Bertz CT molecular complexity index is 1050. The van der Waals surface area contributed by atoms with Crippen molar-refractivity contribution in [3.8, 4) is 0 Å². The van der Waals surface area contributed by atoms with E-state index in [1.54, 1.807) is 4.90 Å². The van der Waals surface area contributed by atoms with Crippen molar-refractivity contribution in [2.24, 2.45) is 16.9 Å². The number of nitrogens with zero attached hydrogens (tertiary/aromatic N) is 4. The lowest BCUT2D eigenvalue weighted by Gasteiger charge is -2.40. The first-order valence-electron chi connectivity index (χ1n) is 11.1. The second-order valence-corrected chi connectivity index (χ2v) is 10.3. The van der Waals surface area contributed by atoms with Crippen LogP contribution in [0.5, 0.6) is 0 Å². The van der Waals surface area contributed by atoms with Crippen LogP contribution in [0.15, 0.2) is 28.7 Å². The molecule has 192 valence electrons. The summed E-state index contributed by atoms with van der Waals surface area (Å²) in [6.45, 7) is -2.21. The lowest BCUT2D eigenvalue weighted by molar-refractivity contribution is -0.146. The molecule has 0 aromatic carbocycles. The van der Waals surface area contributed by atoms with E-state index in [-0.39, 0.29) is 37.5 Å². The lowest BCUT2D eigenvalue weighted by Crippen LogP contribution is -2.59. The van der Waals surface area contributed by atoms with Gasteiger partial charge in [0.25, 0.3) is 5.91 Å². The van der Waals surface area contributed by atoms with Crippen molar-refractivity contribution in [1.29, 1.82) is 0 Å². The number of alkyl halides is 6. The summed E-state index contributed by atoms with van der Waals surface area (Å²) in [6.07, 6.45) is -2.63. The molecule has 3 aliphatic heterocycles. The van der Waals surface area contributed by atoms with Crippen LogP contribution in [0.2, 0.25) is 0 Å². The number of carbonyl (C=O) groups excluding carboxylic acids is 2. The number of allylic oxidation sites excluding steroid dienone is 2. The van der Waals surface area contributed by atoms with Crippen LogP contribution in [0.1, 0.15) is 19.8 Å². The van der Waals surface area contributed by atoms with E-state index in [1.165, 1.54) is 6.92 Å². The maximum absolute atomic E-state index is 13.7. The van der Waals surface area contributed by atoms with E-state index in [0.717, 1.165) is 17.4 Å². The fraction of sp³-hybridized carbons (Fsp3) is 0.667. The molecule has 0 aromatic rings. The van der Waals surface area contributed by atoms with Gasteiger partial charge in [-0.3, -0.25) is 14.6 Å². The minimum absolute atomic E-state index is 0.0807. The van der Waals surface area contributed by atoms with Gasteiger partial charge in [-0.2, -0.15) is 27.1 Å². The van der Waals surface area contributed by atoms with Gasteiger partial charge in [0.2, 0.25) is 5.91 Å². The molecule has 5 rings (SSSR count). The third kappa shape index (κ3) is 4.05. The molecule has 6 atom stereocenters. The number of carbonyl (C=O) groups is 2. The van der Waals surface area contributed by atoms with Crippen LogP contribution in [-0.4, -0.2) is 92.9 Å². The van der Waals surface area contributed by atoms with Gasteiger partial charge in [0.15, 0.2) is 0 Å². The summed E-state index contributed by atoms with van der Waals surface area (Å²) in [6, 6.07) is -1.74. The molecule has 0 bridgehead atoms. The molecular formula is C21H22ClF5N4O4. The van der Waals surface area contributed by atoms with Crippen molar-refractivity contribution in [1.82, 2.24) is 14.8 Å². The van der Waals surface area contributed by atoms with Crippen molar-refractivity contribution >= 4 is 29.1 Å². The van der Waals surface area contributed by atoms with Crippen LogP contribution in [0.4, 0.5) is 22.0 Å². The van der Waals surface area contributed by atoms with Crippen LogP contribution >= 0.6 is 11.6 Å². The first kappa shape index (κ1) is 24.3. The predicted molar refractivity (Wildman–Crippen MR) is 111 cm³/mol. The van der Waals surface area contributed by atoms with Crippen molar-refractivity contribution in [2.45, 2.75) is 55.6 Å². The van der Waals surface area contributed by atoms with Gasteiger partial charge in [-0.15, -0.1) is 11.6 Å². The Labute approximate surface area is 201 Å². The van der Waals surface area contributed by atoms with Gasteiger partial charge < -0.3 is 19.6 Å². The molecular weight excluding hydrogens is 503 g/mol. The SMILES string of the molecule is CC1(Cl)C(C(=O)N2CCN([C@H]3C[C@@H]4C[C@@H]4C3O)C(=O)C2)=NN2C(C(F)(F)F)=CC(OC(F)F)=CC21. The van der Waals surface area contributed by atoms with Gasteiger partial charge in [0.1, 0.15) is 28.6 Å². The number of hydrogen-bond acceptors (Lipinski definition) is 6. The largest absolute Gasteiger partial charge is 0.435 e. The van der Waals surface area contributed by atoms with Crippen molar-refractivity contribution < 1.29 is 41.4 Å². The molecule has 0 radical (unpaired) electrons. The Morgan fingerprint density at radius 3 is 2.60 bits per heavy atom. The van der Waals surface area contributed by atoms with Crippen LogP contribution in [-0.2, 0) is 14.3 Å². The Morgan fingerprint density at radius 2 is 2.03 bits per heavy atom. The van der Waals surface area contributed by atoms with Crippen molar-refractivity contribution in [2.75, 3.05) is 19.6 Å². The van der Waals surface area contributed by atoms with Crippen LogP contribution in [0, 0.1) is 11.8 Å². The number of amides is 2. The number of halogens is 6. The number of piperazine rings is 1. The average molecular weight is 525 g/mol. The highest BCUT2D eigenvalue weighted by Crippen LogP contribution is 2.53. The van der Waals surface area contributed by atoms with E-state index in [4.69, 9.17) is 11.6 Å². The van der Waals surface area contributed by atoms with E-state index in [0.29, 0.717) is 23.4 Å². The van der Waals surface area contributed by atoms with E-state index in [2.05, 4.69) is 9.84 Å². The second kappa shape index (κ2) is 8.05. The van der Waals surface area contributed by atoms with E-state index < -0.39 is 52.9 Å². The van der Waals surface area contributed by atoms with Gasteiger partial charge in [-0.25, -0.2) is 0 Å². The number of hydrazone groups is 1. The number of ether oxygens (including phenoxy) is 1. The maximum atomic E-state index is 13.7. The molecule has 5 aliphatic rings. The first-order chi connectivity index (χ1) is 16.3. The molecule has 1 saturated heterocycles. The van der Waals surface area contributed by atoms with E-state index >= 15 is 0 Å². The number of fused-ring (bicyclic) bond motifs is 2.